The zero-order chi connectivity index (χ0) is 13.6. The summed E-state index contributed by atoms with van der Waals surface area (Å²) in [5.41, 5.74) is 1.89. The Hall–Kier alpha value is -1.37. The van der Waals surface area contributed by atoms with Gasteiger partial charge in [-0.2, -0.15) is 0 Å². The molecule has 0 aliphatic rings. The van der Waals surface area contributed by atoms with Crippen LogP contribution in [-0.2, 0) is 0 Å². The summed E-state index contributed by atoms with van der Waals surface area (Å²) in [6.45, 7) is 0. The molecular weight excluding hydrogens is 315 g/mol. The van der Waals surface area contributed by atoms with E-state index in [1.54, 1.807) is 5.51 Å². The van der Waals surface area contributed by atoms with E-state index in [-0.39, 0.29) is 21.6 Å². The van der Waals surface area contributed by atoms with Gasteiger partial charge in [0, 0.05) is 0 Å². The van der Waals surface area contributed by atoms with Gasteiger partial charge in [-0.1, -0.05) is 23.2 Å². The standard InChI is InChI=1S/C11H3Cl2F2N3S/c12-5-2-6(14)4(1-7(5)15)10-17-9(13)8-11(18-10)19-3-16-8/h1-3H. The molecule has 0 spiro atoms. The molecular formula is C11H3Cl2F2N3S. The Kier molecular flexibility index (Phi) is 3.08. The molecule has 0 radical (unpaired) electrons. The summed E-state index contributed by atoms with van der Waals surface area (Å²) in [4.78, 5) is 12.5. The van der Waals surface area contributed by atoms with Crippen LogP contribution in [-0.4, -0.2) is 15.0 Å². The van der Waals surface area contributed by atoms with Crippen LogP contribution < -0.4 is 0 Å². The predicted molar refractivity (Wildman–Crippen MR) is 70.6 cm³/mol. The Morgan fingerprint density at radius 3 is 2.63 bits per heavy atom. The molecule has 0 aliphatic heterocycles. The normalized spacial score (nSPS) is 11.2. The molecule has 0 unspecified atom stereocenters. The SMILES string of the molecule is Fc1cc(-c2nc(Cl)c3ncsc3n2)c(F)cc1Cl. The molecule has 0 atom stereocenters. The van der Waals surface area contributed by atoms with Crippen molar-refractivity contribution in [3.8, 4) is 11.4 Å². The van der Waals surface area contributed by atoms with Crippen LogP contribution >= 0.6 is 34.5 Å². The molecule has 3 nitrogen and oxygen atoms in total. The van der Waals surface area contributed by atoms with Crippen molar-refractivity contribution in [3.63, 3.8) is 0 Å². The predicted octanol–water partition coefficient (Wildman–Crippen LogP) is 4.34. The maximum absolute atomic E-state index is 13.8. The van der Waals surface area contributed by atoms with E-state index in [0.717, 1.165) is 12.1 Å². The summed E-state index contributed by atoms with van der Waals surface area (Å²) < 4.78 is 27.2. The van der Waals surface area contributed by atoms with E-state index in [2.05, 4.69) is 15.0 Å². The molecule has 0 amide bonds. The van der Waals surface area contributed by atoms with E-state index in [1.165, 1.54) is 11.3 Å². The number of aromatic nitrogens is 3. The first-order valence-electron chi connectivity index (χ1n) is 4.98. The van der Waals surface area contributed by atoms with Crippen LogP contribution in [0, 0.1) is 11.6 Å². The third kappa shape index (κ3) is 2.16. The molecule has 0 bridgehead atoms. The molecule has 19 heavy (non-hydrogen) atoms. The van der Waals surface area contributed by atoms with E-state index >= 15 is 0 Å². The van der Waals surface area contributed by atoms with Gasteiger partial charge in [0.2, 0.25) is 0 Å². The summed E-state index contributed by atoms with van der Waals surface area (Å²) >= 11 is 12.7. The summed E-state index contributed by atoms with van der Waals surface area (Å²) in [5, 5.41) is -0.206. The first-order chi connectivity index (χ1) is 9.06. The highest BCUT2D eigenvalue weighted by molar-refractivity contribution is 7.16. The van der Waals surface area contributed by atoms with E-state index < -0.39 is 11.6 Å². The lowest BCUT2D eigenvalue weighted by Crippen LogP contribution is -1.95. The number of halogens is 4. The number of benzene rings is 1. The summed E-state index contributed by atoms with van der Waals surface area (Å²) in [5.74, 6) is -1.47. The van der Waals surface area contributed by atoms with Crippen LogP contribution in [0.25, 0.3) is 21.7 Å². The van der Waals surface area contributed by atoms with Crippen molar-refractivity contribution in [3.05, 3.63) is 39.5 Å². The highest BCUT2D eigenvalue weighted by atomic mass is 35.5. The minimum atomic E-state index is -0.748. The molecule has 8 heteroatoms. The molecule has 0 fully saturated rings. The van der Waals surface area contributed by atoms with Crippen molar-refractivity contribution in [1.82, 2.24) is 15.0 Å². The Balaban J connectivity index is 2.27. The van der Waals surface area contributed by atoms with Gasteiger partial charge in [-0.3, -0.25) is 0 Å². The first-order valence-corrected chi connectivity index (χ1v) is 6.61. The molecule has 3 rings (SSSR count). The number of thiazole rings is 1. The highest BCUT2D eigenvalue weighted by Crippen LogP contribution is 2.29. The maximum Gasteiger partial charge on any atom is 0.165 e. The van der Waals surface area contributed by atoms with Gasteiger partial charge in [0.1, 0.15) is 22.0 Å². The minimum absolute atomic E-state index is 0.00480. The van der Waals surface area contributed by atoms with Crippen LogP contribution in [0.5, 0.6) is 0 Å². The van der Waals surface area contributed by atoms with Gasteiger partial charge in [0.05, 0.1) is 16.1 Å². The third-order valence-corrected chi connectivity index (χ3v) is 3.68. The second kappa shape index (κ2) is 4.63. The topological polar surface area (TPSA) is 38.7 Å². The highest BCUT2D eigenvalue weighted by Gasteiger charge is 2.16. The first kappa shape index (κ1) is 12.7. The number of fused-ring (bicyclic) bond motifs is 1. The van der Waals surface area contributed by atoms with Crippen LogP contribution in [0.4, 0.5) is 8.78 Å². The van der Waals surface area contributed by atoms with Crippen LogP contribution in [0.15, 0.2) is 17.6 Å². The summed E-state index contributed by atoms with van der Waals surface area (Å²) in [6.07, 6.45) is 0. The Morgan fingerprint density at radius 1 is 1.05 bits per heavy atom. The zero-order valence-corrected chi connectivity index (χ0v) is 11.3. The molecule has 0 aliphatic carbocycles. The van der Waals surface area contributed by atoms with Gasteiger partial charge in [-0.25, -0.2) is 23.7 Å². The fraction of sp³-hybridized carbons (Fsp3) is 0. The molecule has 0 saturated carbocycles. The molecule has 0 saturated heterocycles. The average Bonchev–Trinajstić information content (AvgIpc) is 2.82. The number of hydrogen-bond acceptors (Lipinski definition) is 4. The molecule has 2 heterocycles. The van der Waals surface area contributed by atoms with E-state index in [0.29, 0.717) is 10.3 Å². The monoisotopic (exact) mass is 317 g/mol. The Labute approximate surface area is 119 Å². The number of nitrogens with zero attached hydrogens (tertiary/aromatic N) is 3. The van der Waals surface area contributed by atoms with Crippen molar-refractivity contribution >= 4 is 44.9 Å². The van der Waals surface area contributed by atoms with E-state index in [9.17, 15) is 8.78 Å². The van der Waals surface area contributed by atoms with Gasteiger partial charge in [0.15, 0.2) is 11.0 Å². The quantitative estimate of drug-likeness (QED) is 0.495. The Morgan fingerprint density at radius 2 is 1.84 bits per heavy atom. The van der Waals surface area contributed by atoms with Gasteiger partial charge < -0.3 is 0 Å². The Bertz CT molecular complexity index is 791. The second-order valence-electron chi connectivity index (χ2n) is 3.59. The fourth-order valence-corrected chi connectivity index (χ4v) is 2.63. The number of rotatable bonds is 1. The van der Waals surface area contributed by atoms with E-state index in [1.807, 2.05) is 0 Å². The molecule has 1 aromatic carbocycles. The second-order valence-corrected chi connectivity index (χ2v) is 5.19. The van der Waals surface area contributed by atoms with E-state index in [4.69, 9.17) is 23.2 Å². The maximum atomic E-state index is 13.8. The largest absolute Gasteiger partial charge is 0.240 e. The lowest BCUT2D eigenvalue weighted by molar-refractivity contribution is 0.602. The smallest absolute Gasteiger partial charge is 0.165 e. The van der Waals surface area contributed by atoms with Crippen molar-refractivity contribution in [2.75, 3.05) is 0 Å². The van der Waals surface area contributed by atoms with Gasteiger partial charge in [-0.15, -0.1) is 11.3 Å². The zero-order valence-electron chi connectivity index (χ0n) is 8.99. The fourth-order valence-electron chi connectivity index (χ4n) is 1.54. The number of hydrogen-bond donors (Lipinski definition) is 0. The third-order valence-electron chi connectivity index (χ3n) is 2.41. The lowest BCUT2D eigenvalue weighted by Gasteiger charge is -2.04. The van der Waals surface area contributed by atoms with Crippen LogP contribution in [0.1, 0.15) is 0 Å². The average molecular weight is 318 g/mol. The summed E-state index contributed by atoms with van der Waals surface area (Å²) in [7, 11) is 0. The van der Waals surface area contributed by atoms with Gasteiger partial charge in [-0.05, 0) is 12.1 Å². The van der Waals surface area contributed by atoms with Crippen molar-refractivity contribution in [1.29, 1.82) is 0 Å². The molecule has 96 valence electrons. The molecule has 0 N–H and O–H groups in total. The van der Waals surface area contributed by atoms with Crippen molar-refractivity contribution in [2.24, 2.45) is 0 Å². The van der Waals surface area contributed by atoms with Crippen LogP contribution in [0.2, 0.25) is 10.2 Å². The minimum Gasteiger partial charge on any atom is -0.240 e. The molecule has 2 aromatic heterocycles. The summed E-state index contributed by atoms with van der Waals surface area (Å²) in [6, 6.07) is 1.82. The van der Waals surface area contributed by atoms with Crippen LogP contribution in [0.3, 0.4) is 0 Å². The van der Waals surface area contributed by atoms with Crippen molar-refractivity contribution in [2.45, 2.75) is 0 Å². The van der Waals surface area contributed by atoms with Crippen molar-refractivity contribution < 1.29 is 8.78 Å². The molecule has 3 aromatic rings. The lowest BCUT2D eigenvalue weighted by atomic mass is 10.2. The van der Waals surface area contributed by atoms with Gasteiger partial charge in [0.25, 0.3) is 0 Å². The van der Waals surface area contributed by atoms with Gasteiger partial charge >= 0.3 is 0 Å².